The van der Waals surface area contributed by atoms with Crippen molar-refractivity contribution in [3.63, 3.8) is 0 Å². The molecule has 0 unspecified atom stereocenters. The third-order valence-corrected chi connectivity index (χ3v) is 3.72. The zero-order valence-electron chi connectivity index (χ0n) is 13.4. The number of rotatable bonds is 4. The molecule has 2 aromatic carbocycles. The monoisotopic (exact) mass is 283 g/mol. The highest BCUT2D eigenvalue weighted by atomic mass is 16.5. The summed E-state index contributed by atoms with van der Waals surface area (Å²) in [6, 6.07) is 14.6. The Morgan fingerprint density at radius 3 is 2.38 bits per heavy atom. The van der Waals surface area contributed by atoms with Gasteiger partial charge in [0.05, 0.1) is 0 Å². The molecule has 0 fully saturated rings. The van der Waals surface area contributed by atoms with Crippen LogP contribution in [0.3, 0.4) is 0 Å². The van der Waals surface area contributed by atoms with Gasteiger partial charge in [-0.05, 0) is 40.7 Å². The third kappa shape index (κ3) is 3.85. The predicted molar refractivity (Wildman–Crippen MR) is 88.5 cm³/mol. The lowest BCUT2D eigenvalue weighted by molar-refractivity contribution is 0.297. The van der Waals surface area contributed by atoms with Crippen molar-refractivity contribution in [2.45, 2.75) is 46.3 Å². The summed E-state index contributed by atoms with van der Waals surface area (Å²) in [7, 11) is 0. The molecule has 2 heteroatoms. The molecule has 2 nitrogen and oxygen atoms in total. The van der Waals surface area contributed by atoms with E-state index >= 15 is 0 Å². The molecule has 21 heavy (non-hydrogen) atoms. The van der Waals surface area contributed by atoms with Crippen molar-refractivity contribution in [2.24, 2.45) is 5.73 Å². The molecule has 0 heterocycles. The van der Waals surface area contributed by atoms with Crippen molar-refractivity contribution in [1.82, 2.24) is 0 Å². The van der Waals surface area contributed by atoms with E-state index in [1.165, 1.54) is 16.7 Å². The van der Waals surface area contributed by atoms with Crippen LogP contribution in [0.1, 0.15) is 43.0 Å². The van der Waals surface area contributed by atoms with Crippen LogP contribution < -0.4 is 10.5 Å². The summed E-state index contributed by atoms with van der Waals surface area (Å²) >= 11 is 0. The number of nitrogens with two attached hydrogens (primary N) is 1. The SMILES string of the molecule is Cc1cc(CN)ccc1COc1ccccc1C(C)(C)C. The standard InChI is InChI=1S/C19H25NO/c1-14-11-15(12-20)9-10-16(14)13-21-18-8-6-5-7-17(18)19(2,3)4/h5-11H,12-13,20H2,1-4H3. The Morgan fingerprint density at radius 2 is 1.76 bits per heavy atom. The highest BCUT2D eigenvalue weighted by Crippen LogP contribution is 2.31. The molecule has 2 rings (SSSR count). The van der Waals surface area contributed by atoms with Crippen molar-refractivity contribution in [3.8, 4) is 5.75 Å². The maximum Gasteiger partial charge on any atom is 0.123 e. The number of benzene rings is 2. The van der Waals surface area contributed by atoms with E-state index in [1.807, 2.05) is 12.1 Å². The first-order chi connectivity index (χ1) is 9.91. The zero-order chi connectivity index (χ0) is 15.5. The molecule has 0 aliphatic rings. The molecule has 0 aliphatic carbocycles. The van der Waals surface area contributed by atoms with Crippen LogP contribution in [-0.4, -0.2) is 0 Å². The Morgan fingerprint density at radius 1 is 1.05 bits per heavy atom. The van der Waals surface area contributed by atoms with Gasteiger partial charge in [0.1, 0.15) is 12.4 Å². The van der Waals surface area contributed by atoms with Gasteiger partial charge in [0.2, 0.25) is 0 Å². The van der Waals surface area contributed by atoms with Crippen molar-refractivity contribution in [3.05, 3.63) is 64.7 Å². The lowest BCUT2D eigenvalue weighted by Crippen LogP contribution is -2.13. The molecule has 112 valence electrons. The Balaban J connectivity index is 2.17. The van der Waals surface area contributed by atoms with Gasteiger partial charge < -0.3 is 10.5 Å². The smallest absolute Gasteiger partial charge is 0.123 e. The van der Waals surface area contributed by atoms with Gasteiger partial charge in [-0.3, -0.25) is 0 Å². The third-order valence-electron chi connectivity index (χ3n) is 3.72. The summed E-state index contributed by atoms with van der Waals surface area (Å²) in [6.07, 6.45) is 0. The van der Waals surface area contributed by atoms with Gasteiger partial charge in [-0.15, -0.1) is 0 Å². The molecular weight excluding hydrogens is 258 g/mol. The molecule has 0 saturated heterocycles. The maximum absolute atomic E-state index is 6.07. The van der Waals surface area contributed by atoms with E-state index < -0.39 is 0 Å². The van der Waals surface area contributed by atoms with Gasteiger partial charge in [-0.25, -0.2) is 0 Å². The maximum atomic E-state index is 6.07. The van der Waals surface area contributed by atoms with Crippen LogP contribution >= 0.6 is 0 Å². The van der Waals surface area contributed by atoms with E-state index in [2.05, 4.69) is 58.0 Å². The van der Waals surface area contributed by atoms with Crippen LogP contribution in [0.5, 0.6) is 5.75 Å². The average Bonchev–Trinajstić information content (AvgIpc) is 2.45. The normalized spacial score (nSPS) is 11.5. The fourth-order valence-electron chi connectivity index (χ4n) is 2.41. The van der Waals surface area contributed by atoms with Gasteiger partial charge >= 0.3 is 0 Å². The molecule has 0 spiro atoms. The summed E-state index contributed by atoms with van der Waals surface area (Å²) in [5.74, 6) is 0.965. The van der Waals surface area contributed by atoms with Crippen molar-refractivity contribution in [1.29, 1.82) is 0 Å². The van der Waals surface area contributed by atoms with Crippen molar-refractivity contribution < 1.29 is 4.74 Å². The molecule has 0 atom stereocenters. The summed E-state index contributed by atoms with van der Waals surface area (Å²) in [5.41, 5.74) is 10.6. The molecule has 0 bridgehead atoms. The fourth-order valence-corrected chi connectivity index (χ4v) is 2.41. The predicted octanol–water partition coefficient (Wildman–Crippen LogP) is 4.33. The number of aryl methyl sites for hydroxylation is 1. The minimum Gasteiger partial charge on any atom is -0.489 e. The van der Waals surface area contributed by atoms with Gasteiger partial charge in [0.15, 0.2) is 0 Å². The molecule has 2 aromatic rings. The van der Waals surface area contributed by atoms with Crippen LogP contribution in [0.2, 0.25) is 0 Å². The molecule has 0 aromatic heterocycles. The minimum atomic E-state index is 0.0784. The molecule has 2 N–H and O–H groups in total. The van der Waals surface area contributed by atoms with Crippen LogP contribution in [0.15, 0.2) is 42.5 Å². The first kappa shape index (κ1) is 15.6. The topological polar surface area (TPSA) is 35.2 Å². The lowest BCUT2D eigenvalue weighted by atomic mass is 9.86. The van der Waals surface area contributed by atoms with Crippen LogP contribution in [0, 0.1) is 6.92 Å². The summed E-state index contributed by atoms with van der Waals surface area (Å²) in [4.78, 5) is 0. The highest BCUT2D eigenvalue weighted by molar-refractivity contribution is 5.39. The molecule has 0 radical (unpaired) electrons. The van der Waals surface area contributed by atoms with E-state index in [9.17, 15) is 0 Å². The Labute approximate surface area is 127 Å². The summed E-state index contributed by atoms with van der Waals surface area (Å²) < 4.78 is 6.07. The van der Waals surface area contributed by atoms with E-state index in [1.54, 1.807) is 0 Å². The summed E-state index contributed by atoms with van der Waals surface area (Å²) in [6.45, 7) is 9.88. The van der Waals surface area contributed by atoms with E-state index in [0.29, 0.717) is 13.2 Å². The Bertz CT molecular complexity index is 611. The number of ether oxygens (including phenoxy) is 1. The molecule has 0 amide bonds. The zero-order valence-corrected chi connectivity index (χ0v) is 13.4. The first-order valence-corrected chi connectivity index (χ1v) is 7.42. The van der Waals surface area contributed by atoms with Crippen LogP contribution in [-0.2, 0) is 18.6 Å². The van der Waals surface area contributed by atoms with Gasteiger partial charge in [-0.1, -0.05) is 57.2 Å². The molecule has 0 aliphatic heterocycles. The van der Waals surface area contributed by atoms with Crippen LogP contribution in [0.25, 0.3) is 0 Å². The second-order valence-electron chi connectivity index (χ2n) is 6.50. The second kappa shape index (κ2) is 6.31. The second-order valence-corrected chi connectivity index (χ2v) is 6.50. The van der Waals surface area contributed by atoms with E-state index in [4.69, 9.17) is 10.5 Å². The Hall–Kier alpha value is -1.80. The quantitative estimate of drug-likeness (QED) is 0.906. The number of hydrogen-bond donors (Lipinski definition) is 1. The van der Waals surface area contributed by atoms with E-state index in [-0.39, 0.29) is 5.41 Å². The van der Waals surface area contributed by atoms with Gasteiger partial charge in [-0.2, -0.15) is 0 Å². The molecule has 0 saturated carbocycles. The average molecular weight is 283 g/mol. The molecular formula is C19H25NO. The summed E-state index contributed by atoms with van der Waals surface area (Å²) in [5, 5.41) is 0. The van der Waals surface area contributed by atoms with Crippen molar-refractivity contribution >= 4 is 0 Å². The van der Waals surface area contributed by atoms with Crippen molar-refractivity contribution in [2.75, 3.05) is 0 Å². The highest BCUT2D eigenvalue weighted by Gasteiger charge is 2.18. The Kier molecular flexibility index (Phi) is 4.69. The lowest BCUT2D eigenvalue weighted by Gasteiger charge is -2.23. The largest absolute Gasteiger partial charge is 0.489 e. The number of hydrogen-bond acceptors (Lipinski definition) is 2. The number of para-hydroxylation sites is 1. The van der Waals surface area contributed by atoms with Crippen LogP contribution in [0.4, 0.5) is 0 Å². The first-order valence-electron chi connectivity index (χ1n) is 7.42. The van der Waals surface area contributed by atoms with E-state index in [0.717, 1.165) is 11.3 Å². The minimum absolute atomic E-state index is 0.0784. The van der Waals surface area contributed by atoms with Gasteiger partial charge in [0.25, 0.3) is 0 Å². The fraction of sp³-hybridized carbons (Fsp3) is 0.368. The van der Waals surface area contributed by atoms with Gasteiger partial charge in [0, 0.05) is 6.54 Å².